The number of carboxylic acids is 1. The molecule has 0 spiro atoms. The lowest BCUT2D eigenvalue weighted by Gasteiger charge is -2.05. The molecule has 2 aromatic heterocycles. The summed E-state index contributed by atoms with van der Waals surface area (Å²) < 4.78 is 1.76. The van der Waals surface area contributed by atoms with E-state index in [0.717, 1.165) is 5.56 Å². The van der Waals surface area contributed by atoms with Gasteiger partial charge in [0, 0.05) is 0 Å². The van der Waals surface area contributed by atoms with E-state index in [1.165, 1.54) is 11.3 Å². The summed E-state index contributed by atoms with van der Waals surface area (Å²) in [5, 5.41) is 19.5. The van der Waals surface area contributed by atoms with Gasteiger partial charge in [0.15, 0.2) is 0 Å². The number of nitrogens with zero attached hydrogens (tertiary/aromatic N) is 3. The standard InChI is InChI=1S/C10H11N3O2S/c1-5-4-16-9(8(5)10(14)15)13-6(2)11-12-7(13)3/h4H,1-3H3,(H,14,15). The number of thiophene rings is 1. The maximum absolute atomic E-state index is 11.2. The van der Waals surface area contributed by atoms with E-state index in [-0.39, 0.29) is 0 Å². The van der Waals surface area contributed by atoms with Gasteiger partial charge >= 0.3 is 5.97 Å². The molecule has 2 aromatic rings. The second-order valence-electron chi connectivity index (χ2n) is 3.53. The zero-order valence-corrected chi connectivity index (χ0v) is 10.00. The molecule has 2 heterocycles. The highest BCUT2D eigenvalue weighted by atomic mass is 32.1. The van der Waals surface area contributed by atoms with Gasteiger partial charge in [-0.15, -0.1) is 21.5 Å². The van der Waals surface area contributed by atoms with Gasteiger partial charge in [-0.25, -0.2) is 4.79 Å². The van der Waals surface area contributed by atoms with Gasteiger partial charge in [-0.05, 0) is 31.7 Å². The first-order valence-corrected chi connectivity index (χ1v) is 5.60. The Morgan fingerprint density at radius 1 is 1.31 bits per heavy atom. The minimum Gasteiger partial charge on any atom is -0.478 e. The van der Waals surface area contributed by atoms with Crippen molar-refractivity contribution in [2.24, 2.45) is 0 Å². The Balaban J connectivity index is 2.70. The summed E-state index contributed by atoms with van der Waals surface area (Å²) in [5.41, 5.74) is 1.09. The van der Waals surface area contributed by atoms with E-state index in [2.05, 4.69) is 10.2 Å². The van der Waals surface area contributed by atoms with E-state index < -0.39 is 5.97 Å². The molecule has 0 saturated heterocycles. The fourth-order valence-corrected chi connectivity index (χ4v) is 2.76. The van der Waals surface area contributed by atoms with E-state index in [4.69, 9.17) is 5.11 Å². The molecular weight excluding hydrogens is 226 g/mol. The molecule has 2 rings (SSSR count). The molecule has 0 saturated carbocycles. The summed E-state index contributed by atoms with van der Waals surface area (Å²) in [7, 11) is 0. The van der Waals surface area contributed by atoms with E-state index in [1.54, 1.807) is 25.3 Å². The molecule has 0 aliphatic carbocycles. The third-order valence-corrected chi connectivity index (χ3v) is 3.44. The third kappa shape index (κ3) is 1.51. The molecule has 0 unspecified atom stereocenters. The van der Waals surface area contributed by atoms with Crippen LogP contribution in [0.4, 0.5) is 0 Å². The van der Waals surface area contributed by atoms with Gasteiger partial charge in [-0.3, -0.25) is 4.57 Å². The summed E-state index contributed by atoms with van der Waals surface area (Å²) in [4.78, 5) is 11.2. The van der Waals surface area contributed by atoms with Crippen LogP contribution in [0.2, 0.25) is 0 Å². The second-order valence-corrected chi connectivity index (χ2v) is 4.39. The van der Waals surface area contributed by atoms with Gasteiger partial charge in [0.2, 0.25) is 0 Å². The second kappa shape index (κ2) is 3.71. The van der Waals surface area contributed by atoms with Gasteiger partial charge in [0.1, 0.15) is 16.6 Å². The molecule has 84 valence electrons. The fourth-order valence-electron chi connectivity index (χ4n) is 1.62. The lowest BCUT2D eigenvalue weighted by atomic mass is 10.2. The van der Waals surface area contributed by atoms with Crippen LogP contribution in [0.1, 0.15) is 27.6 Å². The van der Waals surface area contributed by atoms with E-state index in [1.807, 2.05) is 5.38 Å². The van der Waals surface area contributed by atoms with Crippen molar-refractivity contribution >= 4 is 17.3 Å². The quantitative estimate of drug-likeness (QED) is 0.866. The van der Waals surface area contributed by atoms with Gasteiger partial charge < -0.3 is 5.11 Å². The molecular formula is C10H11N3O2S. The van der Waals surface area contributed by atoms with Crippen molar-refractivity contribution in [3.63, 3.8) is 0 Å². The summed E-state index contributed by atoms with van der Waals surface area (Å²) in [6.45, 7) is 5.40. The molecule has 0 fully saturated rings. The minimum absolute atomic E-state index is 0.330. The molecule has 1 N–H and O–H groups in total. The van der Waals surface area contributed by atoms with E-state index in [0.29, 0.717) is 22.2 Å². The minimum atomic E-state index is -0.916. The zero-order valence-electron chi connectivity index (χ0n) is 9.18. The van der Waals surface area contributed by atoms with Crippen LogP contribution < -0.4 is 0 Å². The number of carboxylic acid groups (broad SMARTS) is 1. The maximum Gasteiger partial charge on any atom is 0.339 e. The number of aromatic nitrogens is 3. The van der Waals surface area contributed by atoms with Crippen molar-refractivity contribution < 1.29 is 9.90 Å². The number of carbonyl (C=O) groups is 1. The van der Waals surface area contributed by atoms with Gasteiger partial charge in [-0.1, -0.05) is 0 Å². The van der Waals surface area contributed by atoms with E-state index >= 15 is 0 Å². The number of hydrogen-bond donors (Lipinski definition) is 1. The topological polar surface area (TPSA) is 68.0 Å². The van der Waals surface area contributed by atoms with Crippen LogP contribution in [0.15, 0.2) is 5.38 Å². The molecule has 0 bridgehead atoms. The molecule has 6 heteroatoms. The summed E-state index contributed by atoms with van der Waals surface area (Å²) in [6, 6.07) is 0. The predicted molar refractivity (Wildman–Crippen MR) is 60.4 cm³/mol. The van der Waals surface area contributed by atoms with Crippen LogP contribution in [-0.2, 0) is 0 Å². The smallest absolute Gasteiger partial charge is 0.339 e. The predicted octanol–water partition coefficient (Wildman–Crippen LogP) is 1.95. The van der Waals surface area contributed by atoms with Crippen molar-refractivity contribution in [3.05, 3.63) is 28.2 Å². The Hall–Kier alpha value is -1.69. The van der Waals surface area contributed by atoms with Crippen LogP contribution in [0.5, 0.6) is 0 Å². The largest absolute Gasteiger partial charge is 0.478 e. The Bertz CT molecular complexity index is 537. The molecule has 5 nitrogen and oxygen atoms in total. The highest BCUT2D eigenvalue weighted by Crippen LogP contribution is 2.27. The van der Waals surface area contributed by atoms with Crippen LogP contribution in [-0.4, -0.2) is 25.8 Å². The van der Waals surface area contributed by atoms with Gasteiger partial charge in [0.05, 0.1) is 5.56 Å². The first kappa shape index (κ1) is 10.8. The SMILES string of the molecule is Cc1csc(-n2c(C)nnc2C)c1C(=O)O. The van der Waals surface area contributed by atoms with Crippen LogP contribution in [0.3, 0.4) is 0 Å². The van der Waals surface area contributed by atoms with Gasteiger partial charge in [0.25, 0.3) is 0 Å². The number of aryl methyl sites for hydroxylation is 3. The number of rotatable bonds is 2. The first-order chi connectivity index (χ1) is 7.52. The molecule has 0 aliphatic heterocycles. The first-order valence-electron chi connectivity index (χ1n) is 4.72. The lowest BCUT2D eigenvalue weighted by molar-refractivity contribution is 0.0697. The van der Waals surface area contributed by atoms with Crippen molar-refractivity contribution in [2.45, 2.75) is 20.8 Å². The summed E-state index contributed by atoms with van der Waals surface area (Å²) in [6.07, 6.45) is 0. The van der Waals surface area contributed by atoms with Gasteiger partial charge in [-0.2, -0.15) is 0 Å². The Morgan fingerprint density at radius 2 is 1.88 bits per heavy atom. The molecule has 0 aliphatic rings. The van der Waals surface area contributed by atoms with E-state index in [9.17, 15) is 4.79 Å². The average molecular weight is 237 g/mol. The highest BCUT2D eigenvalue weighted by Gasteiger charge is 2.19. The lowest BCUT2D eigenvalue weighted by Crippen LogP contribution is -2.06. The molecule has 0 aromatic carbocycles. The third-order valence-electron chi connectivity index (χ3n) is 2.36. The summed E-state index contributed by atoms with van der Waals surface area (Å²) in [5.74, 6) is 0.477. The van der Waals surface area contributed by atoms with Crippen molar-refractivity contribution in [1.29, 1.82) is 0 Å². The Morgan fingerprint density at radius 3 is 2.38 bits per heavy atom. The Kier molecular flexibility index (Phi) is 2.51. The highest BCUT2D eigenvalue weighted by molar-refractivity contribution is 7.13. The van der Waals surface area contributed by atoms with Crippen LogP contribution in [0.25, 0.3) is 5.00 Å². The monoisotopic (exact) mass is 237 g/mol. The number of aromatic carboxylic acids is 1. The van der Waals surface area contributed by atoms with Crippen LogP contribution >= 0.6 is 11.3 Å². The normalized spacial score (nSPS) is 10.7. The molecule has 0 radical (unpaired) electrons. The number of hydrogen-bond acceptors (Lipinski definition) is 4. The average Bonchev–Trinajstić information content (AvgIpc) is 2.70. The van der Waals surface area contributed by atoms with Crippen molar-refractivity contribution in [3.8, 4) is 5.00 Å². The summed E-state index contributed by atoms with van der Waals surface area (Å²) >= 11 is 1.39. The maximum atomic E-state index is 11.2. The molecule has 0 amide bonds. The molecule has 0 atom stereocenters. The Labute approximate surface area is 96.4 Å². The zero-order chi connectivity index (χ0) is 11.9. The molecule has 16 heavy (non-hydrogen) atoms. The fraction of sp³-hybridized carbons (Fsp3) is 0.300. The van der Waals surface area contributed by atoms with Crippen molar-refractivity contribution in [2.75, 3.05) is 0 Å². The van der Waals surface area contributed by atoms with Crippen LogP contribution in [0, 0.1) is 20.8 Å². The van der Waals surface area contributed by atoms with Crippen molar-refractivity contribution in [1.82, 2.24) is 14.8 Å².